The molecule has 0 saturated heterocycles. The minimum absolute atomic E-state index is 0.384. The van der Waals surface area contributed by atoms with Gasteiger partial charge in [0.15, 0.2) is 0 Å². The van der Waals surface area contributed by atoms with Crippen LogP contribution in [0.1, 0.15) is 44.5 Å². The van der Waals surface area contributed by atoms with E-state index >= 15 is 0 Å². The first-order chi connectivity index (χ1) is 15.6. The molecule has 0 spiro atoms. The summed E-state index contributed by atoms with van der Waals surface area (Å²) >= 11 is 0. The second-order valence-corrected chi connectivity index (χ2v) is 9.65. The normalized spacial score (nSPS) is 16.0. The molecule has 3 aromatic rings. The molecule has 0 amide bonds. The van der Waals surface area contributed by atoms with E-state index in [-0.39, 0.29) is 6.35 Å². The molecule has 1 unspecified atom stereocenters. The quantitative estimate of drug-likeness (QED) is 0.501. The molecule has 4 heteroatoms. The van der Waals surface area contributed by atoms with Gasteiger partial charge < -0.3 is 4.74 Å². The van der Waals surface area contributed by atoms with Crippen LogP contribution in [0, 0.1) is 55.4 Å². The average Bonchev–Trinajstić information content (AvgIpc) is 2.99. The van der Waals surface area contributed by atoms with E-state index in [4.69, 9.17) is 10.5 Å². The van der Waals surface area contributed by atoms with E-state index in [0.29, 0.717) is 6.54 Å². The highest BCUT2D eigenvalue weighted by molar-refractivity contribution is 5.85. The summed E-state index contributed by atoms with van der Waals surface area (Å²) in [5.41, 5.74) is 18.7. The molecule has 0 radical (unpaired) electrons. The Morgan fingerprint density at radius 3 is 1.76 bits per heavy atom. The number of anilines is 1. The number of amidine groups is 1. The third kappa shape index (κ3) is 4.10. The van der Waals surface area contributed by atoms with Crippen molar-refractivity contribution in [1.82, 2.24) is 0 Å². The molecule has 4 nitrogen and oxygen atoms in total. The van der Waals surface area contributed by atoms with Crippen LogP contribution in [0.15, 0.2) is 42.5 Å². The van der Waals surface area contributed by atoms with Crippen molar-refractivity contribution in [3.05, 3.63) is 87.0 Å². The summed E-state index contributed by atoms with van der Waals surface area (Å²) in [5.74, 6) is 1.71. The van der Waals surface area contributed by atoms with Gasteiger partial charge in [-0.05, 0) is 88.8 Å². The molecule has 33 heavy (non-hydrogen) atoms. The third-order valence-corrected chi connectivity index (χ3v) is 6.56. The molecule has 1 aliphatic heterocycles. The smallest absolute Gasteiger partial charge is 0.328 e. The molecule has 1 atom stereocenters. The van der Waals surface area contributed by atoms with Gasteiger partial charge >= 0.3 is 6.35 Å². The Labute approximate surface area is 198 Å². The lowest BCUT2D eigenvalue weighted by atomic mass is 10.0. The van der Waals surface area contributed by atoms with Gasteiger partial charge in [-0.25, -0.2) is 0 Å². The minimum atomic E-state index is -0.384. The summed E-state index contributed by atoms with van der Waals surface area (Å²) in [6.07, 6.45) is -0.384. The predicted molar refractivity (Wildman–Crippen MR) is 138 cm³/mol. The second kappa shape index (κ2) is 8.58. The number of para-hydroxylation sites is 1. The largest absolute Gasteiger partial charge is 0.434 e. The van der Waals surface area contributed by atoms with Gasteiger partial charge in [0, 0.05) is 5.69 Å². The predicted octanol–water partition coefficient (Wildman–Crippen LogP) is 6.04. The van der Waals surface area contributed by atoms with Crippen molar-refractivity contribution in [3.8, 4) is 5.75 Å². The van der Waals surface area contributed by atoms with Crippen molar-refractivity contribution in [2.24, 2.45) is 5.73 Å². The van der Waals surface area contributed by atoms with E-state index in [9.17, 15) is 0 Å². The first-order valence-corrected chi connectivity index (χ1v) is 11.6. The molecule has 1 aliphatic rings. The first-order valence-electron chi connectivity index (χ1n) is 11.6. The van der Waals surface area contributed by atoms with Gasteiger partial charge in [-0.3, -0.25) is 10.6 Å². The molecule has 0 aliphatic carbocycles. The van der Waals surface area contributed by atoms with Crippen LogP contribution in [0.3, 0.4) is 0 Å². The van der Waals surface area contributed by atoms with Crippen LogP contribution in [0.25, 0.3) is 0 Å². The Kier molecular flexibility index (Phi) is 5.96. The molecule has 2 N–H and O–H groups in total. The van der Waals surface area contributed by atoms with E-state index in [1.807, 2.05) is 0 Å². The fraction of sp³-hybridized carbons (Fsp3) is 0.345. The first kappa shape index (κ1) is 22.9. The summed E-state index contributed by atoms with van der Waals surface area (Å²) < 4.78 is 9.06. The highest BCUT2D eigenvalue weighted by Gasteiger charge is 2.42. The SMILES string of the molecule is Cc1cc(C)c(N2CC(N)=[N+](c3c(C)cc(C)cc3C)C2Oc2c(C)cccc2C)c(C)c1. The number of aryl methyl sites for hydroxylation is 8. The van der Waals surface area contributed by atoms with E-state index in [0.717, 1.165) is 28.4 Å². The number of nitrogens with two attached hydrogens (primary N) is 1. The maximum atomic E-state index is 6.87. The van der Waals surface area contributed by atoms with E-state index in [1.165, 1.54) is 39.1 Å². The van der Waals surface area contributed by atoms with Crippen molar-refractivity contribution in [1.29, 1.82) is 0 Å². The van der Waals surface area contributed by atoms with Gasteiger partial charge in [0.1, 0.15) is 18.0 Å². The summed E-state index contributed by atoms with van der Waals surface area (Å²) in [4.78, 5) is 2.31. The number of benzene rings is 3. The number of ether oxygens (including phenoxy) is 1. The van der Waals surface area contributed by atoms with Crippen LogP contribution in [0.4, 0.5) is 11.4 Å². The lowest BCUT2D eigenvalue weighted by Gasteiger charge is -2.30. The Morgan fingerprint density at radius 1 is 0.758 bits per heavy atom. The summed E-state index contributed by atoms with van der Waals surface area (Å²) in [6, 6.07) is 15.2. The zero-order valence-electron chi connectivity index (χ0n) is 21.2. The number of hydrogen-bond donors (Lipinski definition) is 1. The maximum Gasteiger partial charge on any atom is 0.328 e. The molecular weight excluding hydrogens is 406 g/mol. The Bertz CT molecular complexity index is 1210. The lowest BCUT2D eigenvalue weighted by Crippen LogP contribution is -2.42. The zero-order valence-corrected chi connectivity index (χ0v) is 21.2. The highest BCUT2D eigenvalue weighted by Crippen LogP contribution is 2.37. The lowest BCUT2D eigenvalue weighted by molar-refractivity contribution is -0.520. The van der Waals surface area contributed by atoms with Gasteiger partial charge in [0.05, 0.1) is 0 Å². The summed E-state index contributed by atoms with van der Waals surface area (Å²) in [6.45, 7) is 17.7. The summed E-state index contributed by atoms with van der Waals surface area (Å²) in [7, 11) is 0. The van der Waals surface area contributed by atoms with E-state index in [1.54, 1.807) is 0 Å². The molecule has 3 aromatic carbocycles. The van der Waals surface area contributed by atoms with Crippen molar-refractivity contribution in [3.63, 3.8) is 0 Å². The Morgan fingerprint density at radius 2 is 1.24 bits per heavy atom. The van der Waals surface area contributed by atoms with Gasteiger partial charge in [-0.15, -0.1) is 0 Å². The molecule has 0 aromatic heterocycles. The summed E-state index contributed by atoms with van der Waals surface area (Å²) in [5, 5.41) is 0. The Balaban J connectivity index is 1.92. The van der Waals surface area contributed by atoms with Crippen LogP contribution in [-0.4, -0.2) is 23.3 Å². The fourth-order valence-electron chi connectivity index (χ4n) is 5.44. The number of hydrogen-bond acceptors (Lipinski definition) is 3. The van der Waals surface area contributed by atoms with E-state index in [2.05, 4.69) is 107 Å². The Hall–Kier alpha value is -3.27. The molecule has 0 bridgehead atoms. The standard InChI is InChI=1S/C29H35N3O/c1-17-12-21(5)26(22(6)13-17)31-16-25(30)32(27-23(7)14-18(2)15-24(27)8)29(31)33-28-19(3)10-9-11-20(28)4/h9-15,29-30H,16H2,1-8H3/p+1. The zero-order chi connectivity index (χ0) is 24.0. The second-order valence-electron chi connectivity index (χ2n) is 9.65. The van der Waals surface area contributed by atoms with Crippen molar-refractivity contribution >= 4 is 17.2 Å². The monoisotopic (exact) mass is 442 g/mol. The molecule has 172 valence electrons. The van der Waals surface area contributed by atoms with Gasteiger partial charge in [0.25, 0.3) is 5.84 Å². The van der Waals surface area contributed by atoms with Crippen molar-refractivity contribution in [2.45, 2.75) is 61.7 Å². The van der Waals surface area contributed by atoms with Crippen molar-refractivity contribution in [2.75, 3.05) is 11.4 Å². The van der Waals surface area contributed by atoms with Crippen LogP contribution in [0.5, 0.6) is 5.75 Å². The molecule has 0 saturated carbocycles. The number of rotatable bonds is 4. The van der Waals surface area contributed by atoms with Crippen LogP contribution in [-0.2, 0) is 0 Å². The van der Waals surface area contributed by atoms with Crippen LogP contribution in [0.2, 0.25) is 0 Å². The fourth-order valence-corrected chi connectivity index (χ4v) is 5.44. The van der Waals surface area contributed by atoms with Crippen LogP contribution < -0.4 is 15.4 Å². The van der Waals surface area contributed by atoms with Crippen molar-refractivity contribution < 1.29 is 9.31 Å². The average molecular weight is 443 g/mol. The van der Waals surface area contributed by atoms with Gasteiger partial charge in [-0.2, -0.15) is 4.58 Å². The molecule has 4 rings (SSSR count). The maximum absolute atomic E-state index is 6.87. The van der Waals surface area contributed by atoms with E-state index < -0.39 is 0 Å². The third-order valence-electron chi connectivity index (χ3n) is 6.56. The number of nitrogens with zero attached hydrogens (tertiary/aromatic N) is 2. The van der Waals surface area contributed by atoms with Crippen LogP contribution >= 0.6 is 0 Å². The molecule has 0 fully saturated rings. The molecular formula is C29H36N3O+. The minimum Gasteiger partial charge on any atom is -0.434 e. The van der Waals surface area contributed by atoms with Gasteiger partial charge in [0.2, 0.25) is 0 Å². The highest BCUT2D eigenvalue weighted by atomic mass is 16.5. The van der Waals surface area contributed by atoms with Gasteiger partial charge in [-0.1, -0.05) is 53.6 Å². The topological polar surface area (TPSA) is 41.5 Å². The molecule has 1 heterocycles.